The third-order valence-electron chi connectivity index (χ3n) is 2.76. The predicted octanol–water partition coefficient (Wildman–Crippen LogP) is 0.221. The molecule has 8 nitrogen and oxygen atoms in total. The molecule has 0 unspecified atom stereocenters. The molecular weight excluding hydrogens is 250 g/mol. The Hall–Kier alpha value is -2.38. The SMILES string of the molecule is CC(C)n1ccn(CCn2cc(C(=O)O)nn2)c1=O. The molecule has 0 bridgehead atoms. The van der Waals surface area contributed by atoms with Crippen LogP contribution in [0, 0.1) is 0 Å². The van der Waals surface area contributed by atoms with Crippen molar-refractivity contribution < 1.29 is 9.90 Å². The Kier molecular flexibility index (Phi) is 3.50. The molecule has 0 fully saturated rings. The zero-order valence-electron chi connectivity index (χ0n) is 10.7. The fourth-order valence-electron chi connectivity index (χ4n) is 1.71. The smallest absolute Gasteiger partial charge is 0.358 e. The first kappa shape index (κ1) is 13.1. The van der Waals surface area contributed by atoms with E-state index in [0.29, 0.717) is 13.1 Å². The third-order valence-corrected chi connectivity index (χ3v) is 2.76. The van der Waals surface area contributed by atoms with E-state index >= 15 is 0 Å². The zero-order valence-corrected chi connectivity index (χ0v) is 10.7. The number of aromatic carboxylic acids is 1. The molecule has 0 atom stereocenters. The number of hydrogen-bond acceptors (Lipinski definition) is 4. The standard InChI is InChI=1S/C11H15N5O3/c1-8(2)16-6-4-14(11(16)19)3-5-15-7-9(10(17)18)12-13-15/h4,6-8H,3,5H2,1-2H3,(H,17,18). The lowest BCUT2D eigenvalue weighted by Gasteiger charge is -2.04. The summed E-state index contributed by atoms with van der Waals surface area (Å²) in [6.45, 7) is 4.67. The van der Waals surface area contributed by atoms with Crippen LogP contribution in [0.4, 0.5) is 0 Å². The van der Waals surface area contributed by atoms with Crippen LogP contribution in [0.15, 0.2) is 23.4 Å². The molecule has 1 N–H and O–H groups in total. The number of imidazole rings is 1. The maximum atomic E-state index is 11.9. The summed E-state index contributed by atoms with van der Waals surface area (Å²) in [7, 11) is 0. The van der Waals surface area contributed by atoms with E-state index in [1.165, 1.54) is 10.9 Å². The van der Waals surface area contributed by atoms with Crippen molar-refractivity contribution in [1.82, 2.24) is 24.1 Å². The highest BCUT2D eigenvalue weighted by Crippen LogP contribution is 1.99. The summed E-state index contributed by atoms with van der Waals surface area (Å²) in [5.74, 6) is -1.12. The van der Waals surface area contributed by atoms with Crippen molar-refractivity contribution in [1.29, 1.82) is 0 Å². The van der Waals surface area contributed by atoms with Crippen LogP contribution >= 0.6 is 0 Å². The first-order valence-corrected chi connectivity index (χ1v) is 5.89. The predicted molar refractivity (Wildman–Crippen MR) is 66.1 cm³/mol. The molecule has 2 rings (SSSR count). The van der Waals surface area contributed by atoms with Crippen LogP contribution in [-0.2, 0) is 13.1 Å². The molecule has 0 saturated carbocycles. The summed E-state index contributed by atoms with van der Waals surface area (Å²) in [5, 5.41) is 15.9. The van der Waals surface area contributed by atoms with Gasteiger partial charge in [0.05, 0.1) is 12.7 Å². The highest BCUT2D eigenvalue weighted by atomic mass is 16.4. The molecular formula is C11H15N5O3. The van der Waals surface area contributed by atoms with E-state index < -0.39 is 5.97 Å². The van der Waals surface area contributed by atoms with Gasteiger partial charge in [-0.05, 0) is 13.8 Å². The first-order chi connectivity index (χ1) is 8.99. The molecule has 0 saturated heterocycles. The van der Waals surface area contributed by atoms with Crippen LogP contribution in [0.5, 0.6) is 0 Å². The van der Waals surface area contributed by atoms with Gasteiger partial charge in [-0.2, -0.15) is 0 Å². The minimum Gasteiger partial charge on any atom is -0.476 e. The van der Waals surface area contributed by atoms with Crippen LogP contribution in [-0.4, -0.2) is 35.2 Å². The van der Waals surface area contributed by atoms with Gasteiger partial charge in [-0.3, -0.25) is 9.13 Å². The first-order valence-electron chi connectivity index (χ1n) is 5.89. The maximum Gasteiger partial charge on any atom is 0.358 e. The molecule has 0 aliphatic heterocycles. The number of hydrogen-bond donors (Lipinski definition) is 1. The number of carboxylic acids is 1. The molecule has 102 valence electrons. The van der Waals surface area contributed by atoms with Crippen molar-refractivity contribution >= 4 is 5.97 Å². The molecule has 8 heteroatoms. The molecule has 0 amide bonds. The van der Waals surface area contributed by atoms with Gasteiger partial charge >= 0.3 is 11.7 Å². The van der Waals surface area contributed by atoms with Crippen LogP contribution < -0.4 is 5.69 Å². The minimum absolute atomic E-state index is 0.0893. The van der Waals surface area contributed by atoms with Gasteiger partial charge in [-0.25, -0.2) is 14.3 Å². The zero-order chi connectivity index (χ0) is 14.0. The Bertz CT molecular complexity index is 637. The van der Waals surface area contributed by atoms with E-state index in [-0.39, 0.29) is 17.4 Å². The second-order valence-corrected chi connectivity index (χ2v) is 4.45. The van der Waals surface area contributed by atoms with Crippen molar-refractivity contribution in [2.45, 2.75) is 33.0 Å². The highest BCUT2D eigenvalue weighted by Gasteiger charge is 2.09. The van der Waals surface area contributed by atoms with Gasteiger partial charge < -0.3 is 5.11 Å². The van der Waals surface area contributed by atoms with Gasteiger partial charge in [-0.15, -0.1) is 5.10 Å². The van der Waals surface area contributed by atoms with E-state index in [2.05, 4.69) is 10.3 Å². The summed E-state index contributed by atoms with van der Waals surface area (Å²) in [5.41, 5.74) is -0.194. The third kappa shape index (κ3) is 2.72. The Balaban J connectivity index is 2.06. The monoisotopic (exact) mass is 265 g/mol. The second-order valence-electron chi connectivity index (χ2n) is 4.45. The summed E-state index contributed by atoms with van der Waals surface area (Å²) in [6.07, 6.45) is 4.78. The number of aromatic nitrogens is 5. The van der Waals surface area contributed by atoms with E-state index in [9.17, 15) is 9.59 Å². The van der Waals surface area contributed by atoms with E-state index in [0.717, 1.165) is 0 Å². The fraction of sp³-hybridized carbons (Fsp3) is 0.455. The number of aryl methyl sites for hydroxylation is 2. The number of rotatable bonds is 5. The van der Waals surface area contributed by atoms with Crippen molar-refractivity contribution in [3.05, 3.63) is 34.8 Å². The lowest BCUT2D eigenvalue weighted by Crippen LogP contribution is -2.26. The topological polar surface area (TPSA) is 94.9 Å². The maximum absolute atomic E-state index is 11.9. The summed E-state index contributed by atoms with van der Waals surface area (Å²) in [4.78, 5) is 22.6. The Morgan fingerprint density at radius 2 is 2.11 bits per heavy atom. The van der Waals surface area contributed by atoms with E-state index in [1.54, 1.807) is 21.5 Å². The lowest BCUT2D eigenvalue weighted by molar-refractivity contribution is 0.0690. The Labute approximate surface area is 108 Å². The van der Waals surface area contributed by atoms with E-state index in [1.807, 2.05) is 13.8 Å². The Morgan fingerprint density at radius 1 is 1.37 bits per heavy atom. The summed E-state index contributed by atoms with van der Waals surface area (Å²) < 4.78 is 4.59. The number of nitrogens with zero attached hydrogens (tertiary/aromatic N) is 5. The molecule has 2 aromatic rings. The van der Waals surface area contributed by atoms with Gasteiger partial charge in [-0.1, -0.05) is 5.21 Å². The molecule has 2 heterocycles. The minimum atomic E-state index is -1.12. The number of carbonyl (C=O) groups is 1. The van der Waals surface area contributed by atoms with Crippen molar-refractivity contribution in [2.24, 2.45) is 0 Å². The van der Waals surface area contributed by atoms with Crippen LogP contribution in [0.25, 0.3) is 0 Å². The fourth-order valence-corrected chi connectivity index (χ4v) is 1.71. The highest BCUT2D eigenvalue weighted by molar-refractivity contribution is 5.84. The Morgan fingerprint density at radius 3 is 2.63 bits per heavy atom. The summed E-state index contributed by atoms with van der Waals surface area (Å²) in [6, 6.07) is 0.110. The van der Waals surface area contributed by atoms with Gasteiger partial charge in [0.15, 0.2) is 5.69 Å². The molecule has 0 aliphatic rings. The number of carboxylic acid groups (broad SMARTS) is 1. The van der Waals surface area contributed by atoms with Gasteiger partial charge in [0.2, 0.25) is 0 Å². The van der Waals surface area contributed by atoms with Crippen LogP contribution in [0.2, 0.25) is 0 Å². The molecule has 0 radical (unpaired) electrons. The van der Waals surface area contributed by atoms with Gasteiger partial charge in [0, 0.05) is 25.0 Å². The van der Waals surface area contributed by atoms with E-state index in [4.69, 9.17) is 5.11 Å². The molecule has 0 aliphatic carbocycles. The van der Waals surface area contributed by atoms with Gasteiger partial charge in [0.25, 0.3) is 0 Å². The molecule has 2 aromatic heterocycles. The summed E-state index contributed by atoms with van der Waals surface area (Å²) >= 11 is 0. The largest absolute Gasteiger partial charge is 0.476 e. The molecule has 0 aromatic carbocycles. The lowest BCUT2D eigenvalue weighted by atomic mass is 10.4. The van der Waals surface area contributed by atoms with Crippen molar-refractivity contribution in [2.75, 3.05) is 0 Å². The van der Waals surface area contributed by atoms with Gasteiger partial charge in [0.1, 0.15) is 0 Å². The quantitative estimate of drug-likeness (QED) is 0.834. The van der Waals surface area contributed by atoms with Crippen LogP contribution in [0.1, 0.15) is 30.4 Å². The average molecular weight is 265 g/mol. The average Bonchev–Trinajstić information content (AvgIpc) is 2.93. The molecule has 0 spiro atoms. The van der Waals surface area contributed by atoms with Crippen LogP contribution in [0.3, 0.4) is 0 Å². The van der Waals surface area contributed by atoms with Crippen molar-refractivity contribution in [3.63, 3.8) is 0 Å². The normalized spacial score (nSPS) is 11.1. The second kappa shape index (κ2) is 5.09. The molecule has 19 heavy (non-hydrogen) atoms. The van der Waals surface area contributed by atoms with Crippen molar-refractivity contribution in [3.8, 4) is 0 Å².